The SMILES string of the molecule is FCC(CF)Oc1cccc(OCc2ccccc2)c1. The van der Waals surface area contributed by atoms with Gasteiger partial charge in [-0.05, 0) is 17.7 Å². The second-order valence-corrected chi connectivity index (χ2v) is 4.30. The molecule has 0 aliphatic heterocycles. The first-order valence-electron chi connectivity index (χ1n) is 6.37. The lowest BCUT2D eigenvalue weighted by atomic mass is 10.2. The van der Waals surface area contributed by atoms with Gasteiger partial charge in [0.2, 0.25) is 0 Å². The molecule has 0 unspecified atom stereocenters. The van der Waals surface area contributed by atoms with E-state index >= 15 is 0 Å². The normalized spacial score (nSPS) is 10.6. The zero-order valence-electron chi connectivity index (χ0n) is 11.0. The lowest BCUT2D eigenvalue weighted by Gasteiger charge is -2.13. The minimum atomic E-state index is -1.06. The van der Waals surface area contributed by atoms with E-state index in [0.29, 0.717) is 18.1 Å². The van der Waals surface area contributed by atoms with Gasteiger partial charge in [-0.25, -0.2) is 8.78 Å². The van der Waals surface area contributed by atoms with Crippen LogP contribution in [0.1, 0.15) is 5.56 Å². The van der Waals surface area contributed by atoms with Gasteiger partial charge in [0.25, 0.3) is 0 Å². The Balaban J connectivity index is 1.95. The maximum absolute atomic E-state index is 12.4. The van der Waals surface area contributed by atoms with E-state index < -0.39 is 19.5 Å². The van der Waals surface area contributed by atoms with Crippen LogP contribution in [0.25, 0.3) is 0 Å². The number of hydrogen-bond acceptors (Lipinski definition) is 2. The summed E-state index contributed by atoms with van der Waals surface area (Å²) < 4.78 is 35.6. The fraction of sp³-hybridized carbons (Fsp3) is 0.250. The molecule has 0 fully saturated rings. The van der Waals surface area contributed by atoms with Crippen molar-refractivity contribution in [1.29, 1.82) is 0 Å². The van der Waals surface area contributed by atoms with Crippen molar-refractivity contribution in [3.05, 3.63) is 60.2 Å². The molecule has 20 heavy (non-hydrogen) atoms. The molecule has 0 saturated carbocycles. The maximum Gasteiger partial charge on any atom is 0.155 e. The Bertz CT molecular complexity index is 513. The Kier molecular flexibility index (Phi) is 5.35. The Morgan fingerprint density at radius 1 is 0.850 bits per heavy atom. The minimum absolute atomic E-state index is 0.399. The summed E-state index contributed by atoms with van der Waals surface area (Å²) in [6.07, 6.45) is -1.06. The summed E-state index contributed by atoms with van der Waals surface area (Å²) in [7, 11) is 0. The highest BCUT2D eigenvalue weighted by atomic mass is 19.1. The van der Waals surface area contributed by atoms with Crippen molar-refractivity contribution in [2.24, 2.45) is 0 Å². The van der Waals surface area contributed by atoms with Crippen LogP contribution in [-0.2, 0) is 6.61 Å². The van der Waals surface area contributed by atoms with E-state index in [9.17, 15) is 8.78 Å². The largest absolute Gasteiger partial charge is 0.489 e. The van der Waals surface area contributed by atoms with Crippen LogP contribution in [0, 0.1) is 0 Å². The number of hydrogen-bond donors (Lipinski definition) is 0. The van der Waals surface area contributed by atoms with Gasteiger partial charge in [0.05, 0.1) is 0 Å². The van der Waals surface area contributed by atoms with Crippen molar-refractivity contribution in [3.8, 4) is 11.5 Å². The number of alkyl halides is 2. The van der Waals surface area contributed by atoms with E-state index in [1.807, 2.05) is 30.3 Å². The molecule has 0 aromatic heterocycles. The molecule has 0 heterocycles. The molecule has 2 aromatic carbocycles. The predicted octanol–water partition coefficient (Wildman–Crippen LogP) is 3.95. The quantitative estimate of drug-likeness (QED) is 0.763. The van der Waals surface area contributed by atoms with Crippen molar-refractivity contribution in [2.45, 2.75) is 12.7 Å². The van der Waals surface area contributed by atoms with Crippen LogP contribution in [0.15, 0.2) is 54.6 Å². The van der Waals surface area contributed by atoms with Crippen molar-refractivity contribution in [1.82, 2.24) is 0 Å². The average molecular weight is 278 g/mol. The number of ether oxygens (including phenoxy) is 2. The van der Waals surface area contributed by atoms with Gasteiger partial charge in [0.15, 0.2) is 6.10 Å². The Morgan fingerprint density at radius 2 is 1.55 bits per heavy atom. The first kappa shape index (κ1) is 14.3. The Hall–Kier alpha value is -2.10. The van der Waals surface area contributed by atoms with E-state index in [0.717, 1.165) is 5.56 Å². The molecule has 2 aromatic rings. The van der Waals surface area contributed by atoms with E-state index in [1.165, 1.54) is 0 Å². The average Bonchev–Trinajstić information content (AvgIpc) is 2.52. The van der Waals surface area contributed by atoms with E-state index in [1.54, 1.807) is 24.3 Å². The molecule has 0 saturated heterocycles. The zero-order valence-corrected chi connectivity index (χ0v) is 11.0. The van der Waals surface area contributed by atoms with Gasteiger partial charge in [0, 0.05) is 6.07 Å². The fourth-order valence-electron chi connectivity index (χ4n) is 1.67. The molecule has 2 nitrogen and oxygen atoms in total. The van der Waals surface area contributed by atoms with Crippen molar-refractivity contribution in [2.75, 3.05) is 13.3 Å². The number of benzene rings is 2. The third-order valence-electron chi connectivity index (χ3n) is 2.70. The molecule has 0 aliphatic carbocycles. The van der Waals surface area contributed by atoms with Crippen LogP contribution in [0.4, 0.5) is 8.78 Å². The highest BCUT2D eigenvalue weighted by Gasteiger charge is 2.10. The molecule has 0 spiro atoms. The van der Waals surface area contributed by atoms with Crippen molar-refractivity contribution < 1.29 is 18.3 Å². The summed E-state index contributed by atoms with van der Waals surface area (Å²) >= 11 is 0. The van der Waals surface area contributed by atoms with Gasteiger partial charge in [-0.15, -0.1) is 0 Å². The molecule has 4 heteroatoms. The van der Waals surface area contributed by atoms with E-state index in [4.69, 9.17) is 9.47 Å². The second-order valence-electron chi connectivity index (χ2n) is 4.30. The van der Waals surface area contributed by atoms with Crippen LogP contribution in [0.2, 0.25) is 0 Å². The van der Waals surface area contributed by atoms with Gasteiger partial charge in [-0.3, -0.25) is 0 Å². The number of rotatable bonds is 7. The topological polar surface area (TPSA) is 18.5 Å². The molecule has 2 rings (SSSR count). The summed E-state index contributed by atoms with van der Waals surface area (Å²) in [5, 5.41) is 0. The summed E-state index contributed by atoms with van der Waals surface area (Å²) in [5.74, 6) is 0.999. The number of halogens is 2. The van der Waals surface area contributed by atoms with Crippen LogP contribution in [-0.4, -0.2) is 19.5 Å². The molecule has 106 valence electrons. The monoisotopic (exact) mass is 278 g/mol. The maximum atomic E-state index is 12.4. The summed E-state index contributed by atoms with van der Waals surface area (Å²) in [6, 6.07) is 16.5. The van der Waals surface area contributed by atoms with Crippen LogP contribution in [0.5, 0.6) is 11.5 Å². The second kappa shape index (κ2) is 7.48. The molecule has 0 atom stereocenters. The highest BCUT2D eigenvalue weighted by molar-refractivity contribution is 5.33. The first-order chi connectivity index (χ1) is 9.81. The molecule has 0 N–H and O–H groups in total. The third-order valence-corrected chi connectivity index (χ3v) is 2.70. The van der Waals surface area contributed by atoms with Crippen LogP contribution in [0.3, 0.4) is 0 Å². The Labute approximate surface area is 117 Å². The van der Waals surface area contributed by atoms with Gasteiger partial charge >= 0.3 is 0 Å². The fourth-order valence-corrected chi connectivity index (χ4v) is 1.67. The van der Waals surface area contributed by atoms with E-state index in [2.05, 4.69) is 0 Å². The van der Waals surface area contributed by atoms with Crippen molar-refractivity contribution >= 4 is 0 Å². The highest BCUT2D eigenvalue weighted by Crippen LogP contribution is 2.21. The first-order valence-corrected chi connectivity index (χ1v) is 6.37. The molecule has 0 radical (unpaired) electrons. The standard InChI is InChI=1S/C16H16F2O2/c17-10-16(11-18)20-15-8-4-7-14(9-15)19-12-13-5-2-1-3-6-13/h1-9,16H,10-12H2. The minimum Gasteiger partial charge on any atom is -0.489 e. The third kappa shape index (κ3) is 4.23. The zero-order chi connectivity index (χ0) is 14.2. The lowest BCUT2D eigenvalue weighted by Crippen LogP contribution is -2.21. The van der Waals surface area contributed by atoms with Gasteiger partial charge in [-0.1, -0.05) is 36.4 Å². The molecule has 0 bridgehead atoms. The molecule has 0 amide bonds. The van der Waals surface area contributed by atoms with Gasteiger partial charge in [-0.2, -0.15) is 0 Å². The van der Waals surface area contributed by atoms with Gasteiger partial charge < -0.3 is 9.47 Å². The lowest BCUT2D eigenvalue weighted by molar-refractivity contribution is 0.133. The molecule has 0 aliphatic rings. The summed E-state index contributed by atoms with van der Waals surface area (Å²) in [6.45, 7) is -1.28. The van der Waals surface area contributed by atoms with Gasteiger partial charge in [0.1, 0.15) is 31.5 Å². The Morgan fingerprint density at radius 3 is 2.25 bits per heavy atom. The predicted molar refractivity (Wildman–Crippen MR) is 73.6 cm³/mol. The van der Waals surface area contributed by atoms with E-state index in [-0.39, 0.29) is 0 Å². The summed E-state index contributed by atoms with van der Waals surface area (Å²) in [4.78, 5) is 0. The summed E-state index contributed by atoms with van der Waals surface area (Å²) in [5.41, 5.74) is 1.05. The van der Waals surface area contributed by atoms with Crippen molar-refractivity contribution in [3.63, 3.8) is 0 Å². The smallest absolute Gasteiger partial charge is 0.155 e. The van der Waals surface area contributed by atoms with Crippen LogP contribution >= 0.6 is 0 Å². The molecular weight excluding hydrogens is 262 g/mol. The molecular formula is C16H16F2O2. The van der Waals surface area contributed by atoms with Crippen LogP contribution < -0.4 is 9.47 Å².